The van der Waals surface area contributed by atoms with Gasteiger partial charge in [0.05, 0.1) is 12.2 Å². The number of anilines is 1. The molecule has 30 heavy (non-hydrogen) atoms. The zero-order chi connectivity index (χ0) is 20.5. The van der Waals surface area contributed by atoms with Crippen LogP contribution in [0.3, 0.4) is 0 Å². The highest BCUT2D eigenvalue weighted by atomic mass is 16.5. The molecule has 5 nitrogen and oxygen atoms in total. The fourth-order valence-electron chi connectivity index (χ4n) is 5.06. The van der Waals surface area contributed by atoms with Crippen LogP contribution in [0.25, 0.3) is 11.3 Å². The summed E-state index contributed by atoms with van der Waals surface area (Å²) in [6.07, 6.45) is 6.33. The van der Waals surface area contributed by atoms with E-state index in [1.807, 2.05) is 24.3 Å². The molecule has 0 atom stereocenters. The molecule has 3 aliphatic rings. The molecule has 5 heteroatoms. The van der Waals surface area contributed by atoms with Gasteiger partial charge in [-0.25, -0.2) is 0 Å². The fourth-order valence-corrected chi connectivity index (χ4v) is 5.06. The predicted octanol–water partition coefficient (Wildman–Crippen LogP) is 4.16. The van der Waals surface area contributed by atoms with E-state index in [9.17, 15) is 9.90 Å². The molecular formula is C25H28N2O3. The average molecular weight is 405 g/mol. The molecule has 0 aromatic heterocycles. The molecule has 1 amide bonds. The number of carbonyl (C=O) groups is 1. The van der Waals surface area contributed by atoms with Crippen molar-refractivity contribution in [3.63, 3.8) is 0 Å². The molecule has 1 fully saturated rings. The third-order valence-electron chi connectivity index (χ3n) is 6.55. The highest BCUT2D eigenvalue weighted by Gasteiger charge is 2.32. The van der Waals surface area contributed by atoms with Gasteiger partial charge in [-0.2, -0.15) is 0 Å². The maximum atomic E-state index is 12.6. The van der Waals surface area contributed by atoms with Crippen molar-refractivity contribution in [2.45, 2.75) is 51.3 Å². The van der Waals surface area contributed by atoms with Gasteiger partial charge in [0.15, 0.2) is 0 Å². The number of amides is 1. The second-order valence-electron chi connectivity index (χ2n) is 8.47. The predicted molar refractivity (Wildman–Crippen MR) is 117 cm³/mol. The molecule has 5 rings (SSSR count). The van der Waals surface area contributed by atoms with E-state index in [0.29, 0.717) is 30.5 Å². The topological polar surface area (TPSA) is 61.8 Å². The molecule has 0 spiro atoms. The molecule has 0 saturated heterocycles. The number of nitrogens with one attached hydrogen (secondary N) is 1. The van der Waals surface area contributed by atoms with Gasteiger partial charge in [0.2, 0.25) is 0 Å². The van der Waals surface area contributed by atoms with Crippen molar-refractivity contribution in [1.29, 1.82) is 0 Å². The molecule has 0 bridgehead atoms. The number of ether oxygens (including phenoxy) is 1. The van der Waals surface area contributed by atoms with Gasteiger partial charge < -0.3 is 15.2 Å². The second-order valence-corrected chi connectivity index (χ2v) is 8.47. The summed E-state index contributed by atoms with van der Waals surface area (Å²) in [4.78, 5) is 15.0. The lowest BCUT2D eigenvalue weighted by Crippen LogP contribution is -2.38. The highest BCUT2D eigenvalue weighted by molar-refractivity contribution is 6.36. The minimum atomic E-state index is -0.102. The lowest BCUT2D eigenvalue weighted by molar-refractivity contribution is -0.110. The number of hydrogen-bond acceptors (Lipinski definition) is 4. The summed E-state index contributed by atoms with van der Waals surface area (Å²) in [5.74, 6) is 0.577. The van der Waals surface area contributed by atoms with E-state index in [0.717, 1.165) is 28.9 Å². The molecule has 2 heterocycles. The van der Waals surface area contributed by atoms with Crippen LogP contribution in [0.2, 0.25) is 0 Å². The zero-order valence-electron chi connectivity index (χ0n) is 17.2. The van der Waals surface area contributed by atoms with Gasteiger partial charge in [0, 0.05) is 41.5 Å². The number of rotatable bonds is 5. The second kappa shape index (κ2) is 8.25. The molecule has 0 radical (unpaired) electrons. The van der Waals surface area contributed by atoms with Crippen molar-refractivity contribution in [3.05, 3.63) is 64.7 Å². The Bertz CT molecular complexity index is 992. The number of benzene rings is 2. The largest absolute Gasteiger partial charge is 0.487 e. The number of hydrogen-bond donors (Lipinski definition) is 2. The zero-order valence-corrected chi connectivity index (χ0v) is 17.2. The summed E-state index contributed by atoms with van der Waals surface area (Å²) in [5, 5.41) is 12.5. The van der Waals surface area contributed by atoms with Crippen LogP contribution in [0.1, 0.15) is 54.4 Å². The highest BCUT2D eigenvalue weighted by Crippen LogP contribution is 2.41. The summed E-state index contributed by atoms with van der Waals surface area (Å²) >= 11 is 0. The Hall–Kier alpha value is -2.63. The van der Waals surface area contributed by atoms with Crippen molar-refractivity contribution in [2.24, 2.45) is 0 Å². The first-order valence-corrected chi connectivity index (χ1v) is 11.0. The van der Waals surface area contributed by atoms with E-state index in [2.05, 4.69) is 28.4 Å². The van der Waals surface area contributed by atoms with Gasteiger partial charge in [-0.1, -0.05) is 55.7 Å². The summed E-state index contributed by atoms with van der Waals surface area (Å²) in [7, 11) is 0. The smallest absolute Gasteiger partial charge is 0.260 e. The fraction of sp³-hybridized carbons (Fsp3) is 0.400. The first kappa shape index (κ1) is 19.3. The minimum absolute atomic E-state index is 0.102. The molecule has 1 saturated carbocycles. The summed E-state index contributed by atoms with van der Waals surface area (Å²) < 4.78 is 6.02. The van der Waals surface area contributed by atoms with Gasteiger partial charge in [-0.3, -0.25) is 9.69 Å². The van der Waals surface area contributed by atoms with Gasteiger partial charge in [0.1, 0.15) is 12.4 Å². The molecule has 2 aromatic rings. The Kier molecular flexibility index (Phi) is 5.32. The third-order valence-corrected chi connectivity index (χ3v) is 6.55. The summed E-state index contributed by atoms with van der Waals surface area (Å²) in [6.45, 7) is 2.23. The van der Waals surface area contributed by atoms with Crippen LogP contribution in [0.4, 0.5) is 5.69 Å². The number of para-hydroxylation sites is 1. The quantitative estimate of drug-likeness (QED) is 0.735. The lowest BCUT2D eigenvalue weighted by atomic mass is 9.93. The average Bonchev–Trinajstić information content (AvgIpc) is 3.33. The normalized spacial score (nSPS) is 20.8. The molecule has 2 aromatic carbocycles. The van der Waals surface area contributed by atoms with E-state index in [1.165, 1.54) is 37.7 Å². The van der Waals surface area contributed by atoms with Crippen LogP contribution in [0.15, 0.2) is 42.5 Å². The summed E-state index contributed by atoms with van der Waals surface area (Å²) in [6, 6.07) is 14.7. The monoisotopic (exact) mass is 404 g/mol. The molecule has 156 valence electrons. The van der Waals surface area contributed by atoms with E-state index in [-0.39, 0.29) is 12.5 Å². The van der Waals surface area contributed by atoms with Crippen LogP contribution in [0.5, 0.6) is 0 Å². The standard InChI is InChI=1S/C25H28N2O3/c28-13-12-27(19-6-2-1-3-7-19)15-17-10-11-20-18(14-17)16-30-24(20)23-21-8-4-5-9-22(21)26-25(23)29/h4-5,8-11,14,19,28H,1-3,6-7,12-13,15-16H2,(H,26,29). The Morgan fingerprint density at radius 2 is 1.90 bits per heavy atom. The van der Waals surface area contributed by atoms with Crippen molar-refractivity contribution in [1.82, 2.24) is 4.90 Å². The number of aliphatic hydroxyl groups excluding tert-OH is 1. The maximum Gasteiger partial charge on any atom is 0.260 e. The summed E-state index contributed by atoms with van der Waals surface area (Å²) in [5.41, 5.74) is 5.73. The number of aliphatic hydroxyl groups is 1. The third kappa shape index (κ3) is 3.53. The molecule has 2 aliphatic heterocycles. The van der Waals surface area contributed by atoms with Crippen molar-refractivity contribution in [2.75, 3.05) is 18.5 Å². The molecule has 0 unspecified atom stereocenters. The van der Waals surface area contributed by atoms with Crippen LogP contribution in [-0.4, -0.2) is 35.1 Å². The molecule has 1 aliphatic carbocycles. The number of carbonyl (C=O) groups excluding carboxylic acids is 1. The Balaban J connectivity index is 1.42. The Labute approximate surface area is 177 Å². The molecule has 2 N–H and O–H groups in total. The van der Waals surface area contributed by atoms with Crippen LogP contribution < -0.4 is 5.32 Å². The number of nitrogens with zero attached hydrogens (tertiary/aromatic N) is 1. The van der Waals surface area contributed by atoms with E-state index in [1.54, 1.807) is 0 Å². The van der Waals surface area contributed by atoms with E-state index < -0.39 is 0 Å². The first-order chi connectivity index (χ1) is 14.7. The molecular weight excluding hydrogens is 376 g/mol. The van der Waals surface area contributed by atoms with Gasteiger partial charge in [0.25, 0.3) is 5.91 Å². The van der Waals surface area contributed by atoms with Crippen LogP contribution in [-0.2, 0) is 22.7 Å². The van der Waals surface area contributed by atoms with Gasteiger partial charge in [-0.05, 0) is 24.5 Å². The van der Waals surface area contributed by atoms with E-state index in [4.69, 9.17) is 4.74 Å². The van der Waals surface area contributed by atoms with Crippen molar-refractivity contribution in [3.8, 4) is 0 Å². The Morgan fingerprint density at radius 1 is 1.07 bits per heavy atom. The van der Waals surface area contributed by atoms with Crippen molar-refractivity contribution >= 4 is 22.9 Å². The van der Waals surface area contributed by atoms with Gasteiger partial charge in [-0.15, -0.1) is 0 Å². The van der Waals surface area contributed by atoms with E-state index >= 15 is 0 Å². The van der Waals surface area contributed by atoms with Crippen LogP contribution >= 0.6 is 0 Å². The lowest BCUT2D eigenvalue weighted by Gasteiger charge is -2.34. The number of fused-ring (bicyclic) bond motifs is 2. The maximum absolute atomic E-state index is 12.6. The van der Waals surface area contributed by atoms with Gasteiger partial charge >= 0.3 is 0 Å². The van der Waals surface area contributed by atoms with Crippen LogP contribution in [0, 0.1) is 0 Å². The first-order valence-electron chi connectivity index (χ1n) is 11.0. The Morgan fingerprint density at radius 3 is 2.73 bits per heavy atom. The SMILES string of the molecule is O=C1Nc2ccccc2C1=C1OCc2cc(CN(CCO)C3CCCCC3)ccc21. The minimum Gasteiger partial charge on any atom is -0.487 e. The van der Waals surface area contributed by atoms with Crippen molar-refractivity contribution < 1.29 is 14.6 Å².